The number of nitrogens with two attached hydrogens (primary N) is 1. The van der Waals surface area contributed by atoms with Gasteiger partial charge in [-0.15, -0.1) is 0 Å². The van der Waals surface area contributed by atoms with Crippen molar-refractivity contribution in [3.63, 3.8) is 0 Å². The largest absolute Gasteiger partial charge is 0.416 e. The van der Waals surface area contributed by atoms with E-state index in [1.165, 1.54) is 6.07 Å². The molecule has 3 N–H and O–H groups in total. The van der Waals surface area contributed by atoms with E-state index in [-0.39, 0.29) is 24.6 Å². The summed E-state index contributed by atoms with van der Waals surface area (Å²) in [6.07, 6.45) is -4.33. The maximum atomic E-state index is 12.8. The van der Waals surface area contributed by atoms with E-state index >= 15 is 0 Å². The Bertz CT molecular complexity index is 463. The van der Waals surface area contributed by atoms with E-state index in [4.69, 9.17) is 5.73 Å². The molecule has 0 saturated heterocycles. The lowest BCUT2D eigenvalue weighted by atomic mass is 10.1. The van der Waals surface area contributed by atoms with Gasteiger partial charge >= 0.3 is 6.18 Å². The molecular weight excluding hydrogens is 325 g/mol. The topological polar surface area (TPSA) is 55.1 Å². The third kappa shape index (κ3) is 5.20. The zero-order valence-electron chi connectivity index (χ0n) is 10.2. The van der Waals surface area contributed by atoms with Crippen molar-refractivity contribution in [2.75, 3.05) is 0 Å². The van der Waals surface area contributed by atoms with Crippen molar-refractivity contribution < 1.29 is 18.0 Å². The molecule has 0 bridgehead atoms. The first-order chi connectivity index (χ1) is 8.70. The fourth-order valence-electron chi connectivity index (χ4n) is 1.62. The molecule has 0 fully saturated rings. The van der Waals surface area contributed by atoms with Crippen LogP contribution in [0.2, 0.25) is 0 Å². The minimum Gasteiger partial charge on any atom is -0.370 e. The smallest absolute Gasteiger partial charge is 0.370 e. The summed E-state index contributed by atoms with van der Waals surface area (Å²) >= 11 is 3.02. The van der Waals surface area contributed by atoms with Crippen LogP contribution in [0.5, 0.6) is 0 Å². The van der Waals surface area contributed by atoms with Crippen LogP contribution in [0.4, 0.5) is 13.2 Å². The number of benzene rings is 1. The average Bonchev–Trinajstić information content (AvgIpc) is 2.25. The first-order valence-electron chi connectivity index (χ1n) is 5.57. The van der Waals surface area contributed by atoms with Crippen LogP contribution in [0.25, 0.3) is 0 Å². The van der Waals surface area contributed by atoms with Gasteiger partial charge in [-0.1, -0.05) is 22.0 Å². The highest BCUT2D eigenvalue weighted by molar-refractivity contribution is 9.10. The maximum absolute atomic E-state index is 12.8. The Labute approximate surface area is 117 Å². The Morgan fingerprint density at radius 2 is 2.11 bits per heavy atom. The highest BCUT2D eigenvalue weighted by atomic mass is 79.9. The fraction of sp³-hybridized carbons (Fsp3) is 0.417. The highest BCUT2D eigenvalue weighted by Crippen LogP contribution is 2.33. The molecule has 0 spiro atoms. The molecule has 1 amide bonds. The molecule has 19 heavy (non-hydrogen) atoms. The van der Waals surface area contributed by atoms with Crippen LogP contribution in [-0.4, -0.2) is 11.9 Å². The summed E-state index contributed by atoms with van der Waals surface area (Å²) in [6, 6.07) is 3.71. The minimum absolute atomic E-state index is 0.0244. The fourth-order valence-corrected chi connectivity index (χ4v) is 1.99. The summed E-state index contributed by atoms with van der Waals surface area (Å²) < 4.78 is 38.9. The summed E-state index contributed by atoms with van der Waals surface area (Å²) in [5.41, 5.74) is 4.45. The van der Waals surface area contributed by atoms with E-state index in [0.717, 1.165) is 6.07 Å². The molecule has 1 atom stereocenters. The van der Waals surface area contributed by atoms with E-state index in [0.29, 0.717) is 4.47 Å². The minimum atomic E-state index is -4.41. The van der Waals surface area contributed by atoms with Gasteiger partial charge in [0, 0.05) is 23.5 Å². The summed E-state index contributed by atoms with van der Waals surface area (Å²) in [5, 5.41) is 2.85. The monoisotopic (exact) mass is 338 g/mol. The number of nitrogens with one attached hydrogen (secondary N) is 1. The lowest BCUT2D eigenvalue weighted by molar-refractivity contribution is -0.138. The molecule has 0 aromatic heterocycles. The average molecular weight is 339 g/mol. The first-order valence-corrected chi connectivity index (χ1v) is 6.36. The number of hydrogen-bond acceptors (Lipinski definition) is 2. The van der Waals surface area contributed by atoms with Gasteiger partial charge in [0.2, 0.25) is 5.91 Å². The van der Waals surface area contributed by atoms with Crippen LogP contribution in [0.1, 0.15) is 24.5 Å². The molecular formula is C12H14BrF3N2O. The van der Waals surface area contributed by atoms with Gasteiger partial charge in [-0.25, -0.2) is 0 Å². The van der Waals surface area contributed by atoms with E-state index < -0.39 is 17.6 Å². The maximum Gasteiger partial charge on any atom is 0.416 e. The van der Waals surface area contributed by atoms with Crippen LogP contribution in [0, 0.1) is 0 Å². The van der Waals surface area contributed by atoms with Gasteiger partial charge < -0.3 is 11.1 Å². The number of alkyl halides is 3. The lowest BCUT2D eigenvalue weighted by Crippen LogP contribution is -2.31. The molecule has 0 unspecified atom stereocenters. The van der Waals surface area contributed by atoms with Crippen LogP contribution >= 0.6 is 15.9 Å². The molecule has 0 aliphatic carbocycles. The van der Waals surface area contributed by atoms with Gasteiger partial charge in [0.15, 0.2) is 0 Å². The Kier molecular flexibility index (Phi) is 5.37. The molecule has 1 rings (SSSR count). The standard InChI is InChI=1S/C12H14BrF3N2O/c1-7(4-11(17)19)18-6-8-2-3-9(13)5-10(8)12(14,15)16/h2-3,5,7,18H,4,6H2,1H3,(H2,17,19)/t7-/m1/s1. The molecule has 0 heterocycles. The number of carbonyl (C=O) groups excluding carboxylic acids is 1. The van der Waals surface area contributed by atoms with Gasteiger partial charge in [-0.05, 0) is 24.6 Å². The second-order valence-corrected chi connectivity index (χ2v) is 5.17. The van der Waals surface area contributed by atoms with E-state index in [1.807, 2.05) is 0 Å². The molecule has 3 nitrogen and oxygen atoms in total. The molecule has 7 heteroatoms. The number of hydrogen-bond donors (Lipinski definition) is 2. The Morgan fingerprint density at radius 3 is 2.63 bits per heavy atom. The Morgan fingerprint density at radius 1 is 1.47 bits per heavy atom. The highest BCUT2D eigenvalue weighted by Gasteiger charge is 2.33. The van der Waals surface area contributed by atoms with Crippen molar-refractivity contribution in [1.82, 2.24) is 5.32 Å². The van der Waals surface area contributed by atoms with E-state index in [1.54, 1.807) is 13.0 Å². The first kappa shape index (κ1) is 16.0. The number of amides is 1. The SMILES string of the molecule is C[C@H](CC(N)=O)NCc1ccc(Br)cc1C(F)(F)F. The zero-order valence-corrected chi connectivity index (χ0v) is 11.8. The third-order valence-electron chi connectivity index (χ3n) is 2.53. The summed E-state index contributed by atoms with van der Waals surface area (Å²) in [4.78, 5) is 10.7. The lowest BCUT2D eigenvalue weighted by Gasteiger charge is -2.16. The molecule has 0 saturated carbocycles. The number of halogens is 4. The van der Waals surface area contributed by atoms with Crippen molar-refractivity contribution in [1.29, 1.82) is 0 Å². The van der Waals surface area contributed by atoms with Crippen LogP contribution in [0.3, 0.4) is 0 Å². The molecule has 106 valence electrons. The number of rotatable bonds is 5. The predicted octanol–water partition coefficient (Wildman–Crippen LogP) is 2.82. The molecule has 0 aliphatic heterocycles. The van der Waals surface area contributed by atoms with Crippen molar-refractivity contribution in [3.8, 4) is 0 Å². The third-order valence-corrected chi connectivity index (χ3v) is 3.02. The number of primary amides is 1. The summed E-state index contributed by atoms with van der Waals surface area (Å²) in [5.74, 6) is -0.494. The van der Waals surface area contributed by atoms with Gasteiger partial charge in [0.25, 0.3) is 0 Å². The van der Waals surface area contributed by atoms with Gasteiger partial charge in [0.1, 0.15) is 0 Å². The summed E-state index contributed by atoms with van der Waals surface area (Å²) in [7, 11) is 0. The predicted molar refractivity (Wildman–Crippen MR) is 69.3 cm³/mol. The van der Waals surface area contributed by atoms with Gasteiger partial charge in [-0.3, -0.25) is 4.79 Å². The van der Waals surface area contributed by atoms with Crippen molar-refractivity contribution in [2.24, 2.45) is 5.73 Å². The van der Waals surface area contributed by atoms with Crippen LogP contribution < -0.4 is 11.1 Å². The molecule has 1 aromatic rings. The van der Waals surface area contributed by atoms with Crippen molar-refractivity contribution >= 4 is 21.8 Å². The van der Waals surface area contributed by atoms with E-state index in [2.05, 4.69) is 21.2 Å². The van der Waals surface area contributed by atoms with Crippen LogP contribution in [-0.2, 0) is 17.5 Å². The van der Waals surface area contributed by atoms with Crippen molar-refractivity contribution in [3.05, 3.63) is 33.8 Å². The summed E-state index contributed by atoms with van der Waals surface area (Å²) in [6.45, 7) is 1.72. The second kappa shape index (κ2) is 6.38. The normalized spacial score (nSPS) is 13.3. The molecule has 1 aromatic carbocycles. The van der Waals surface area contributed by atoms with E-state index in [9.17, 15) is 18.0 Å². The van der Waals surface area contributed by atoms with Gasteiger partial charge in [-0.2, -0.15) is 13.2 Å². The zero-order chi connectivity index (χ0) is 14.6. The number of carbonyl (C=O) groups is 1. The van der Waals surface area contributed by atoms with Gasteiger partial charge in [0.05, 0.1) is 5.56 Å². The molecule has 0 radical (unpaired) electrons. The molecule has 0 aliphatic rings. The van der Waals surface area contributed by atoms with Crippen LogP contribution in [0.15, 0.2) is 22.7 Å². The quantitative estimate of drug-likeness (QED) is 0.867. The second-order valence-electron chi connectivity index (χ2n) is 4.25. The Hall–Kier alpha value is -1.08. The van der Waals surface area contributed by atoms with Crippen molar-refractivity contribution in [2.45, 2.75) is 32.1 Å². The Balaban J connectivity index is 2.81.